The highest BCUT2D eigenvalue weighted by Gasteiger charge is 2.30. The number of aromatic nitrogens is 1. The minimum absolute atomic E-state index is 0.100. The molecular formula is C24H29N3O3S. The zero-order valence-electron chi connectivity index (χ0n) is 18.1. The SMILES string of the molecule is Cc1ccc(S(=O)(=O)N2CCN(C(=O)CCCc3c[nH]c4ccccc34)CC2)cc1C. The molecule has 1 N–H and O–H groups in total. The number of benzene rings is 2. The lowest BCUT2D eigenvalue weighted by molar-refractivity contribution is -0.132. The quantitative estimate of drug-likeness (QED) is 0.637. The molecule has 0 radical (unpaired) electrons. The molecule has 1 saturated heterocycles. The number of rotatable bonds is 6. The molecule has 1 aliphatic heterocycles. The summed E-state index contributed by atoms with van der Waals surface area (Å²) in [5, 5.41) is 1.21. The van der Waals surface area contributed by atoms with E-state index in [2.05, 4.69) is 17.1 Å². The van der Waals surface area contributed by atoms with Gasteiger partial charge >= 0.3 is 0 Å². The number of nitrogens with zero attached hydrogens (tertiary/aromatic N) is 2. The number of amides is 1. The van der Waals surface area contributed by atoms with Gasteiger partial charge in [0.15, 0.2) is 0 Å². The summed E-state index contributed by atoms with van der Waals surface area (Å²) in [6, 6.07) is 13.4. The van der Waals surface area contributed by atoms with Gasteiger partial charge in [0.25, 0.3) is 0 Å². The lowest BCUT2D eigenvalue weighted by atomic mass is 10.1. The molecule has 31 heavy (non-hydrogen) atoms. The second-order valence-electron chi connectivity index (χ2n) is 8.24. The van der Waals surface area contributed by atoms with Gasteiger partial charge in [-0.1, -0.05) is 24.3 Å². The van der Waals surface area contributed by atoms with Crippen LogP contribution in [0.15, 0.2) is 53.6 Å². The number of aromatic amines is 1. The van der Waals surface area contributed by atoms with Crippen LogP contribution in [-0.2, 0) is 21.2 Å². The fourth-order valence-electron chi connectivity index (χ4n) is 4.13. The molecule has 1 aromatic heterocycles. The standard InChI is InChI=1S/C24H29N3O3S/c1-18-10-11-21(16-19(18)2)31(29,30)27-14-12-26(13-15-27)24(28)9-5-6-20-17-25-23-8-4-3-7-22(20)23/h3-4,7-8,10-11,16-17,25H,5-6,9,12-15H2,1-2H3. The van der Waals surface area contributed by atoms with Crippen molar-refractivity contribution in [2.75, 3.05) is 26.2 Å². The number of nitrogens with one attached hydrogen (secondary N) is 1. The topological polar surface area (TPSA) is 73.5 Å². The summed E-state index contributed by atoms with van der Waals surface area (Å²) < 4.78 is 27.4. The summed E-state index contributed by atoms with van der Waals surface area (Å²) >= 11 is 0. The first kappa shape index (κ1) is 21.6. The Balaban J connectivity index is 1.30. The van der Waals surface area contributed by atoms with Gasteiger partial charge in [0.2, 0.25) is 15.9 Å². The molecule has 164 valence electrons. The first-order valence-electron chi connectivity index (χ1n) is 10.8. The third-order valence-corrected chi connectivity index (χ3v) is 8.11. The van der Waals surface area contributed by atoms with E-state index in [0.29, 0.717) is 37.5 Å². The van der Waals surface area contributed by atoms with Crippen molar-refractivity contribution in [3.63, 3.8) is 0 Å². The summed E-state index contributed by atoms with van der Waals surface area (Å²) in [6.07, 6.45) is 4.12. The average molecular weight is 440 g/mol. The molecule has 1 aliphatic rings. The van der Waals surface area contributed by atoms with E-state index in [1.54, 1.807) is 17.0 Å². The average Bonchev–Trinajstić information content (AvgIpc) is 3.19. The van der Waals surface area contributed by atoms with Crippen LogP contribution in [0.2, 0.25) is 0 Å². The molecule has 1 fully saturated rings. The zero-order chi connectivity index (χ0) is 22.0. The normalized spacial score (nSPS) is 15.5. The maximum absolute atomic E-state index is 13.0. The van der Waals surface area contributed by atoms with Crippen molar-refractivity contribution in [3.05, 3.63) is 65.4 Å². The maximum Gasteiger partial charge on any atom is 0.243 e. The summed E-state index contributed by atoms with van der Waals surface area (Å²) in [6.45, 7) is 5.44. The molecule has 7 heteroatoms. The van der Waals surface area contributed by atoms with E-state index >= 15 is 0 Å². The molecule has 2 aromatic carbocycles. The molecular weight excluding hydrogens is 410 g/mol. The van der Waals surface area contributed by atoms with Crippen LogP contribution in [0, 0.1) is 13.8 Å². The first-order valence-corrected chi connectivity index (χ1v) is 12.2. The van der Waals surface area contributed by atoms with E-state index in [0.717, 1.165) is 29.5 Å². The lowest BCUT2D eigenvalue weighted by Gasteiger charge is -2.34. The van der Waals surface area contributed by atoms with Gasteiger partial charge in [-0.3, -0.25) is 4.79 Å². The summed E-state index contributed by atoms with van der Waals surface area (Å²) in [7, 11) is -3.53. The monoisotopic (exact) mass is 439 g/mol. The third-order valence-electron chi connectivity index (χ3n) is 6.22. The number of carbonyl (C=O) groups is 1. The van der Waals surface area contributed by atoms with Gasteiger partial charge in [-0.15, -0.1) is 0 Å². The van der Waals surface area contributed by atoms with Crippen molar-refractivity contribution in [2.45, 2.75) is 38.0 Å². The molecule has 2 heterocycles. The highest BCUT2D eigenvalue weighted by Crippen LogP contribution is 2.22. The number of carbonyl (C=O) groups excluding carboxylic acids is 1. The van der Waals surface area contributed by atoms with E-state index in [1.165, 1.54) is 15.3 Å². The molecule has 0 bridgehead atoms. The Hall–Kier alpha value is -2.64. The van der Waals surface area contributed by atoms with Crippen molar-refractivity contribution < 1.29 is 13.2 Å². The predicted octanol–water partition coefficient (Wildman–Crippen LogP) is 3.64. The van der Waals surface area contributed by atoms with E-state index in [4.69, 9.17) is 0 Å². The van der Waals surface area contributed by atoms with Gasteiger partial charge in [0.1, 0.15) is 0 Å². The Morgan fingerprint density at radius 3 is 2.48 bits per heavy atom. The number of para-hydroxylation sites is 1. The molecule has 6 nitrogen and oxygen atoms in total. The molecule has 3 aromatic rings. The van der Waals surface area contributed by atoms with Gasteiger partial charge in [-0.2, -0.15) is 4.31 Å². The Labute approximate surface area is 183 Å². The van der Waals surface area contributed by atoms with Crippen LogP contribution in [0.5, 0.6) is 0 Å². The number of H-pyrrole nitrogens is 1. The number of aryl methyl sites for hydroxylation is 3. The second kappa shape index (κ2) is 8.85. The Morgan fingerprint density at radius 1 is 1.00 bits per heavy atom. The van der Waals surface area contributed by atoms with Crippen LogP contribution in [0.25, 0.3) is 10.9 Å². The Kier molecular flexibility index (Phi) is 6.16. The smallest absolute Gasteiger partial charge is 0.243 e. The highest BCUT2D eigenvalue weighted by molar-refractivity contribution is 7.89. The lowest BCUT2D eigenvalue weighted by Crippen LogP contribution is -2.50. The van der Waals surface area contributed by atoms with Crippen LogP contribution in [-0.4, -0.2) is 54.7 Å². The number of piperazine rings is 1. The van der Waals surface area contributed by atoms with E-state index < -0.39 is 10.0 Å². The Morgan fingerprint density at radius 2 is 1.74 bits per heavy atom. The Bertz CT molecular complexity index is 1190. The highest BCUT2D eigenvalue weighted by atomic mass is 32.2. The summed E-state index contributed by atoms with van der Waals surface area (Å²) in [5.74, 6) is 0.100. The van der Waals surface area contributed by atoms with Crippen molar-refractivity contribution >= 4 is 26.8 Å². The molecule has 4 rings (SSSR count). The summed E-state index contributed by atoms with van der Waals surface area (Å²) in [4.78, 5) is 18.0. The number of sulfonamides is 1. The zero-order valence-corrected chi connectivity index (χ0v) is 18.9. The molecule has 0 saturated carbocycles. The molecule has 0 aliphatic carbocycles. The predicted molar refractivity (Wildman–Crippen MR) is 122 cm³/mol. The van der Waals surface area contributed by atoms with Crippen LogP contribution >= 0.6 is 0 Å². The third kappa shape index (κ3) is 4.52. The van der Waals surface area contributed by atoms with E-state index in [1.807, 2.05) is 38.2 Å². The van der Waals surface area contributed by atoms with Gasteiger partial charge < -0.3 is 9.88 Å². The van der Waals surface area contributed by atoms with Crippen LogP contribution in [0.1, 0.15) is 29.5 Å². The van der Waals surface area contributed by atoms with Crippen molar-refractivity contribution in [1.29, 1.82) is 0 Å². The molecule has 0 atom stereocenters. The molecule has 0 spiro atoms. The van der Waals surface area contributed by atoms with Crippen molar-refractivity contribution in [3.8, 4) is 0 Å². The molecule has 1 amide bonds. The van der Waals surface area contributed by atoms with Crippen LogP contribution in [0.4, 0.5) is 0 Å². The fourth-order valence-corrected chi connectivity index (χ4v) is 5.64. The van der Waals surface area contributed by atoms with Crippen LogP contribution < -0.4 is 0 Å². The van der Waals surface area contributed by atoms with Gasteiger partial charge in [-0.25, -0.2) is 8.42 Å². The van der Waals surface area contributed by atoms with Crippen molar-refractivity contribution in [1.82, 2.24) is 14.2 Å². The number of hydrogen-bond donors (Lipinski definition) is 1. The van der Waals surface area contributed by atoms with E-state index in [9.17, 15) is 13.2 Å². The van der Waals surface area contributed by atoms with Gasteiger partial charge in [0.05, 0.1) is 4.90 Å². The van der Waals surface area contributed by atoms with Gasteiger partial charge in [-0.05, 0) is 61.6 Å². The minimum Gasteiger partial charge on any atom is -0.361 e. The van der Waals surface area contributed by atoms with Crippen LogP contribution in [0.3, 0.4) is 0 Å². The fraction of sp³-hybridized carbons (Fsp3) is 0.375. The first-order chi connectivity index (χ1) is 14.9. The molecule has 0 unspecified atom stereocenters. The largest absolute Gasteiger partial charge is 0.361 e. The van der Waals surface area contributed by atoms with E-state index in [-0.39, 0.29) is 5.91 Å². The maximum atomic E-state index is 13.0. The summed E-state index contributed by atoms with van der Waals surface area (Å²) in [5.41, 5.74) is 4.38. The number of fused-ring (bicyclic) bond motifs is 1. The van der Waals surface area contributed by atoms with Gasteiger partial charge in [0, 0.05) is 49.7 Å². The van der Waals surface area contributed by atoms with Crippen molar-refractivity contribution in [2.24, 2.45) is 0 Å². The minimum atomic E-state index is -3.53. The number of hydrogen-bond acceptors (Lipinski definition) is 3. The second-order valence-corrected chi connectivity index (χ2v) is 10.2.